The zero-order valence-electron chi connectivity index (χ0n) is 12.5. The van der Waals surface area contributed by atoms with Crippen molar-refractivity contribution in [2.45, 2.75) is 90.9 Å². The Morgan fingerprint density at radius 2 is 1.28 bits per heavy atom. The molecule has 0 aromatic carbocycles. The number of hydrogen-bond donors (Lipinski definition) is 0. The molecule has 0 unspecified atom stereocenters. The smallest absolute Gasteiger partial charge is 0.129 e. The number of hydrogen-bond acceptors (Lipinski definition) is 1. The van der Waals surface area contributed by atoms with Gasteiger partial charge < -0.3 is 4.79 Å². The summed E-state index contributed by atoms with van der Waals surface area (Å²) in [6.07, 6.45) is 19.7. The average Bonchev–Trinajstić information content (AvgIpc) is 2.34. The van der Waals surface area contributed by atoms with Crippen LogP contribution in [0.2, 0.25) is 0 Å². The fourth-order valence-corrected chi connectivity index (χ4v) is 2.09. The van der Waals surface area contributed by atoms with Crippen molar-refractivity contribution in [3.63, 3.8) is 0 Å². The van der Waals surface area contributed by atoms with Gasteiger partial charge in [0.2, 0.25) is 0 Å². The SMILES string of the molecule is CCCCCCCC/C=C\CCCCCC(C)=O. The minimum absolute atomic E-state index is 0.327. The lowest BCUT2D eigenvalue weighted by Gasteiger charge is -1.98. The Balaban J connectivity index is 3.07. The Hall–Kier alpha value is -0.590. The summed E-state index contributed by atoms with van der Waals surface area (Å²) < 4.78 is 0. The van der Waals surface area contributed by atoms with Gasteiger partial charge in [-0.15, -0.1) is 0 Å². The average molecular weight is 252 g/mol. The highest BCUT2D eigenvalue weighted by Gasteiger charge is 1.92. The maximum absolute atomic E-state index is 10.7. The van der Waals surface area contributed by atoms with E-state index in [1.165, 1.54) is 64.2 Å². The van der Waals surface area contributed by atoms with Crippen molar-refractivity contribution in [3.05, 3.63) is 12.2 Å². The lowest BCUT2D eigenvalue weighted by atomic mass is 10.1. The summed E-state index contributed by atoms with van der Waals surface area (Å²) in [6.45, 7) is 3.94. The number of carbonyl (C=O) groups is 1. The second kappa shape index (κ2) is 14.5. The molecule has 0 bridgehead atoms. The summed E-state index contributed by atoms with van der Waals surface area (Å²) in [5.41, 5.74) is 0. The number of allylic oxidation sites excluding steroid dienone is 2. The van der Waals surface area contributed by atoms with E-state index >= 15 is 0 Å². The van der Waals surface area contributed by atoms with Crippen molar-refractivity contribution >= 4 is 5.78 Å². The van der Waals surface area contributed by atoms with Gasteiger partial charge in [0.15, 0.2) is 0 Å². The van der Waals surface area contributed by atoms with Crippen LogP contribution in [0.1, 0.15) is 90.9 Å². The van der Waals surface area contributed by atoms with E-state index in [2.05, 4.69) is 19.1 Å². The molecule has 0 radical (unpaired) electrons. The molecule has 0 heterocycles. The molecule has 0 aliphatic heterocycles. The molecule has 1 nitrogen and oxygen atoms in total. The van der Waals surface area contributed by atoms with Crippen LogP contribution in [0.3, 0.4) is 0 Å². The van der Waals surface area contributed by atoms with E-state index in [1.807, 2.05) is 0 Å². The third kappa shape index (κ3) is 15.4. The highest BCUT2D eigenvalue weighted by atomic mass is 16.1. The minimum atomic E-state index is 0.327. The molecule has 0 aromatic rings. The topological polar surface area (TPSA) is 17.1 Å². The summed E-state index contributed by atoms with van der Waals surface area (Å²) in [4.78, 5) is 10.7. The third-order valence-electron chi connectivity index (χ3n) is 3.29. The van der Waals surface area contributed by atoms with Gasteiger partial charge in [0.05, 0.1) is 0 Å². The molecular formula is C17H32O. The van der Waals surface area contributed by atoms with Crippen LogP contribution in [-0.4, -0.2) is 5.78 Å². The second-order valence-corrected chi connectivity index (χ2v) is 5.33. The summed E-state index contributed by atoms with van der Waals surface area (Å²) in [6, 6.07) is 0. The van der Waals surface area contributed by atoms with Crippen LogP contribution >= 0.6 is 0 Å². The summed E-state index contributed by atoms with van der Waals surface area (Å²) in [5.74, 6) is 0.327. The highest BCUT2D eigenvalue weighted by Crippen LogP contribution is 2.08. The number of Topliss-reactive ketones (excluding diaryl/α,β-unsaturated/α-hetero) is 1. The van der Waals surface area contributed by atoms with Crippen molar-refractivity contribution in [1.29, 1.82) is 0 Å². The molecule has 0 saturated heterocycles. The number of ketones is 1. The molecular weight excluding hydrogens is 220 g/mol. The van der Waals surface area contributed by atoms with Gasteiger partial charge in [-0.25, -0.2) is 0 Å². The van der Waals surface area contributed by atoms with E-state index in [0.29, 0.717) is 5.78 Å². The zero-order chi connectivity index (χ0) is 13.5. The van der Waals surface area contributed by atoms with Crippen LogP contribution in [0.25, 0.3) is 0 Å². The first kappa shape index (κ1) is 17.4. The van der Waals surface area contributed by atoms with Gasteiger partial charge in [0.25, 0.3) is 0 Å². The van der Waals surface area contributed by atoms with Crippen molar-refractivity contribution in [2.24, 2.45) is 0 Å². The molecule has 0 amide bonds. The fraction of sp³-hybridized carbons (Fsp3) is 0.824. The minimum Gasteiger partial charge on any atom is -0.300 e. The van der Waals surface area contributed by atoms with Crippen molar-refractivity contribution < 1.29 is 4.79 Å². The zero-order valence-corrected chi connectivity index (χ0v) is 12.5. The summed E-state index contributed by atoms with van der Waals surface area (Å²) in [7, 11) is 0. The second-order valence-electron chi connectivity index (χ2n) is 5.33. The molecule has 0 fully saturated rings. The Morgan fingerprint density at radius 1 is 0.778 bits per heavy atom. The Kier molecular flexibility index (Phi) is 14.0. The van der Waals surface area contributed by atoms with Gasteiger partial charge in [-0.1, -0.05) is 57.6 Å². The molecule has 0 rings (SSSR count). The van der Waals surface area contributed by atoms with Gasteiger partial charge in [-0.3, -0.25) is 0 Å². The molecule has 1 heteroatoms. The van der Waals surface area contributed by atoms with Gasteiger partial charge >= 0.3 is 0 Å². The Bertz CT molecular complexity index is 206. The van der Waals surface area contributed by atoms with Crippen LogP contribution in [0.4, 0.5) is 0 Å². The molecule has 0 aliphatic carbocycles. The molecule has 0 aliphatic rings. The predicted molar refractivity (Wildman–Crippen MR) is 80.9 cm³/mol. The Labute approximate surface area is 114 Å². The van der Waals surface area contributed by atoms with Crippen LogP contribution in [0.5, 0.6) is 0 Å². The van der Waals surface area contributed by atoms with Crippen molar-refractivity contribution in [3.8, 4) is 0 Å². The normalized spacial score (nSPS) is 11.2. The first-order chi connectivity index (χ1) is 8.77. The Morgan fingerprint density at radius 3 is 1.83 bits per heavy atom. The molecule has 0 N–H and O–H groups in total. The molecule has 0 saturated carbocycles. The first-order valence-corrected chi connectivity index (χ1v) is 7.91. The standard InChI is InChI=1S/C17H32O/c1-3-4-5-6-7-8-9-10-11-12-13-14-15-16-17(2)18/h10-11H,3-9,12-16H2,1-2H3/b11-10-. The summed E-state index contributed by atoms with van der Waals surface area (Å²) in [5, 5.41) is 0. The van der Waals surface area contributed by atoms with E-state index < -0.39 is 0 Å². The monoisotopic (exact) mass is 252 g/mol. The molecule has 0 atom stereocenters. The quantitative estimate of drug-likeness (QED) is 0.297. The number of unbranched alkanes of at least 4 members (excludes halogenated alkanes) is 9. The molecule has 0 aromatic heterocycles. The predicted octanol–water partition coefficient (Wildman–Crippen LogP) is 5.83. The fourth-order valence-electron chi connectivity index (χ4n) is 2.09. The van der Waals surface area contributed by atoms with Gasteiger partial charge in [-0.05, 0) is 39.0 Å². The third-order valence-corrected chi connectivity index (χ3v) is 3.29. The molecule has 18 heavy (non-hydrogen) atoms. The van der Waals surface area contributed by atoms with E-state index in [0.717, 1.165) is 12.8 Å². The lowest BCUT2D eigenvalue weighted by molar-refractivity contribution is -0.117. The van der Waals surface area contributed by atoms with Gasteiger partial charge in [0, 0.05) is 6.42 Å². The maximum atomic E-state index is 10.7. The first-order valence-electron chi connectivity index (χ1n) is 7.91. The maximum Gasteiger partial charge on any atom is 0.129 e. The van der Waals surface area contributed by atoms with Crippen LogP contribution in [0.15, 0.2) is 12.2 Å². The van der Waals surface area contributed by atoms with Gasteiger partial charge in [-0.2, -0.15) is 0 Å². The van der Waals surface area contributed by atoms with E-state index in [4.69, 9.17) is 0 Å². The summed E-state index contributed by atoms with van der Waals surface area (Å²) >= 11 is 0. The van der Waals surface area contributed by atoms with E-state index in [1.54, 1.807) is 6.92 Å². The highest BCUT2D eigenvalue weighted by molar-refractivity contribution is 5.75. The molecule has 0 spiro atoms. The lowest BCUT2D eigenvalue weighted by Crippen LogP contribution is -1.88. The molecule has 106 valence electrons. The van der Waals surface area contributed by atoms with Crippen LogP contribution < -0.4 is 0 Å². The van der Waals surface area contributed by atoms with E-state index in [-0.39, 0.29) is 0 Å². The van der Waals surface area contributed by atoms with Crippen LogP contribution in [0, 0.1) is 0 Å². The largest absolute Gasteiger partial charge is 0.300 e. The van der Waals surface area contributed by atoms with Crippen molar-refractivity contribution in [1.82, 2.24) is 0 Å². The number of carbonyl (C=O) groups excluding carboxylic acids is 1. The van der Waals surface area contributed by atoms with Gasteiger partial charge in [0.1, 0.15) is 5.78 Å². The number of rotatable bonds is 13. The van der Waals surface area contributed by atoms with Crippen LogP contribution in [-0.2, 0) is 4.79 Å². The van der Waals surface area contributed by atoms with Crippen molar-refractivity contribution in [2.75, 3.05) is 0 Å². The van der Waals surface area contributed by atoms with E-state index in [9.17, 15) is 4.79 Å².